The van der Waals surface area contributed by atoms with Crippen LogP contribution in [0.1, 0.15) is 37.9 Å². The van der Waals surface area contributed by atoms with Gasteiger partial charge in [0.25, 0.3) is 0 Å². The number of benzene rings is 1. The Morgan fingerprint density at radius 2 is 1.85 bits per heavy atom. The quantitative estimate of drug-likeness (QED) is 0.918. The second-order valence-electron chi connectivity index (χ2n) is 6.11. The van der Waals surface area contributed by atoms with Gasteiger partial charge < -0.3 is 9.88 Å². The molecule has 1 aromatic heterocycles. The molecule has 0 aliphatic rings. The largest absolute Gasteiger partial charge is 0.327 e. The van der Waals surface area contributed by atoms with Gasteiger partial charge in [-0.15, -0.1) is 0 Å². The van der Waals surface area contributed by atoms with Crippen LogP contribution in [0.2, 0.25) is 0 Å². The molecule has 1 N–H and O–H groups in total. The Hall–Kier alpha value is -1.13. The minimum absolute atomic E-state index is 0.112. The number of hydrogen-bond acceptors (Lipinski definition) is 2. The smallest absolute Gasteiger partial charge is 0.106 e. The monoisotopic (exact) mass is 335 g/mol. The Morgan fingerprint density at radius 1 is 1.20 bits per heavy atom. The molecule has 0 aliphatic heterocycles. The molecular weight excluding hydrogens is 314 g/mol. The van der Waals surface area contributed by atoms with Crippen molar-refractivity contribution in [2.75, 3.05) is 0 Å². The lowest BCUT2D eigenvalue weighted by Gasteiger charge is -2.21. The van der Waals surface area contributed by atoms with Gasteiger partial charge in [0.1, 0.15) is 5.82 Å². The van der Waals surface area contributed by atoms with E-state index in [9.17, 15) is 0 Å². The highest BCUT2D eigenvalue weighted by Gasteiger charge is 2.12. The van der Waals surface area contributed by atoms with E-state index in [1.807, 2.05) is 6.20 Å². The van der Waals surface area contributed by atoms with E-state index in [4.69, 9.17) is 0 Å². The molecule has 0 saturated carbocycles. The van der Waals surface area contributed by atoms with Gasteiger partial charge in [-0.05, 0) is 45.4 Å². The van der Waals surface area contributed by atoms with E-state index in [2.05, 4.69) is 82.8 Å². The van der Waals surface area contributed by atoms with Gasteiger partial charge in [-0.3, -0.25) is 0 Å². The minimum atomic E-state index is 0.112. The second kappa shape index (κ2) is 6.10. The lowest BCUT2D eigenvalue weighted by atomic mass is 10.1. The molecule has 108 valence electrons. The van der Waals surface area contributed by atoms with Crippen LogP contribution in [0.3, 0.4) is 0 Å². The molecule has 2 rings (SSSR count). The van der Waals surface area contributed by atoms with Gasteiger partial charge in [0.2, 0.25) is 0 Å². The van der Waals surface area contributed by atoms with E-state index in [1.54, 1.807) is 0 Å². The lowest BCUT2D eigenvalue weighted by Crippen LogP contribution is -2.35. The van der Waals surface area contributed by atoms with Crippen molar-refractivity contribution in [1.29, 1.82) is 0 Å². The molecule has 1 aromatic carbocycles. The Kier molecular flexibility index (Phi) is 4.66. The summed E-state index contributed by atoms with van der Waals surface area (Å²) in [5.41, 5.74) is 2.62. The fourth-order valence-electron chi connectivity index (χ4n) is 2.00. The molecule has 4 heteroatoms. The standard InChI is InChI=1S/C16H22BrN3/c1-12-18-9-15(10-19-16(2,3)4)20(12)11-13-5-7-14(17)8-6-13/h5-9,19H,10-11H2,1-4H3. The van der Waals surface area contributed by atoms with Gasteiger partial charge in [-0.1, -0.05) is 28.1 Å². The van der Waals surface area contributed by atoms with Crippen LogP contribution in [0, 0.1) is 6.92 Å². The fourth-order valence-corrected chi connectivity index (χ4v) is 2.26. The van der Waals surface area contributed by atoms with Gasteiger partial charge in [0.15, 0.2) is 0 Å². The Labute approximate surface area is 129 Å². The first-order valence-electron chi connectivity index (χ1n) is 6.85. The van der Waals surface area contributed by atoms with Crippen molar-refractivity contribution in [3.63, 3.8) is 0 Å². The number of hydrogen-bond donors (Lipinski definition) is 1. The van der Waals surface area contributed by atoms with Crippen LogP contribution in [0.4, 0.5) is 0 Å². The first-order valence-corrected chi connectivity index (χ1v) is 7.65. The third kappa shape index (κ3) is 4.18. The molecule has 0 aliphatic carbocycles. The van der Waals surface area contributed by atoms with E-state index in [1.165, 1.54) is 11.3 Å². The summed E-state index contributed by atoms with van der Waals surface area (Å²) < 4.78 is 3.38. The summed E-state index contributed by atoms with van der Waals surface area (Å²) in [5, 5.41) is 3.52. The van der Waals surface area contributed by atoms with Crippen molar-refractivity contribution in [3.8, 4) is 0 Å². The van der Waals surface area contributed by atoms with E-state index < -0.39 is 0 Å². The first-order chi connectivity index (χ1) is 9.35. The van der Waals surface area contributed by atoms with Gasteiger partial charge in [0, 0.05) is 29.3 Å². The average Bonchev–Trinajstić information content (AvgIpc) is 2.70. The lowest BCUT2D eigenvalue weighted by molar-refractivity contribution is 0.416. The van der Waals surface area contributed by atoms with Crippen LogP contribution < -0.4 is 5.32 Å². The molecule has 0 saturated heterocycles. The number of nitrogens with one attached hydrogen (secondary N) is 1. The molecule has 3 nitrogen and oxygen atoms in total. The van der Waals surface area contributed by atoms with Gasteiger partial charge in [-0.25, -0.2) is 4.98 Å². The summed E-state index contributed by atoms with van der Waals surface area (Å²) in [7, 11) is 0. The number of halogens is 1. The number of rotatable bonds is 4. The highest BCUT2D eigenvalue weighted by atomic mass is 79.9. The predicted octanol–water partition coefficient (Wildman–Crippen LogP) is 3.89. The third-order valence-electron chi connectivity index (χ3n) is 3.19. The Balaban J connectivity index is 2.14. The molecule has 0 unspecified atom stereocenters. The van der Waals surface area contributed by atoms with Crippen LogP contribution in [-0.4, -0.2) is 15.1 Å². The Bertz CT molecular complexity index is 564. The maximum atomic E-state index is 4.44. The first kappa shape index (κ1) is 15.3. The van der Waals surface area contributed by atoms with Crippen LogP contribution in [0.5, 0.6) is 0 Å². The van der Waals surface area contributed by atoms with Crippen LogP contribution in [-0.2, 0) is 13.1 Å². The molecule has 0 bridgehead atoms. The number of aromatic nitrogens is 2. The highest BCUT2D eigenvalue weighted by molar-refractivity contribution is 9.10. The van der Waals surface area contributed by atoms with Crippen molar-refractivity contribution in [3.05, 3.63) is 52.0 Å². The van der Waals surface area contributed by atoms with Crippen molar-refractivity contribution in [1.82, 2.24) is 14.9 Å². The van der Waals surface area contributed by atoms with Crippen LogP contribution in [0.15, 0.2) is 34.9 Å². The zero-order valence-electron chi connectivity index (χ0n) is 12.6. The third-order valence-corrected chi connectivity index (χ3v) is 3.72. The number of imidazole rings is 1. The Morgan fingerprint density at radius 3 is 2.45 bits per heavy atom. The highest BCUT2D eigenvalue weighted by Crippen LogP contribution is 2.14. The van der Waals surface area contributed by atoms with E-state index >= 15 is 0 Å². The van der Waals surface area contributed by atoms with E-state index in [-0.39, 0.29) is 5.54 Å². The molecule has 2 aromatic rings. The molecule has 0 radical (unpaired) electrons. The van der Waals surface area contributed by atoms with E-state index in [0.717, 1.165) is 23.4 Å². The maximum Gasteiger partial charge on any atom is 0.106 e. The molecule has 0 amide bonds. The fraction of sp³-hybridized carbons (Fsp3) is 0.438. The predicted molar refractivity (Wildman–Crippen MR) is 86.8 cm³/mol. The van der Waals surface area contributed by atoms with Crippen molar-refractivity contribution < 1.29 is 0 Å². The molecule has 0 fully saturated rings. The summed E-state index contributed by atoms with van der Waals surface area (Å²) >= 11 is 3.47. The van der Waals surface area contributed by atoms with Gasteiger partial charge in [-0.2, -0.15) is 0 Å². The second-order valence-corrected chi connectivity index (χ2v) is 7.03. The van der Waals surface area contributed by atoms with Crippen molar-refractivity contribution in [2.24, 2.45) is 0 Å². The van der Waals surface area contributed by atoms with Crippen LogP contribution in [0.25, 0.3) is 0 Å². The summed E-state index contributed by atoms with van der Waals surface area (Å²) in [6, 6.07) is 8.44. The maximum absolute atomic E-state index is 4.44. The average molecular weight is 336 g/mol. The molecular formula is C16H22BrN3. The number of nitrogens with zero attached hydrogens (tertiary/aromatic N) is 2. The SMILES string of the molecule is Cc1ncc(CNC(C)(C)C)n1Cc1ccc(Br)cc1. The summed E-state index contributed by atoms with van der Waals surface area (Å²) in [6.45, 7) is 10.3. The summed E-state index contributed by atoms with van der Waals surface area (Å²) in [4.78, 5) is 4.44. The molecule has 0 atom stereocenters. The minimum Gasteiger partial charge on any atom is -0.327 e. The van der Waals surface area contributed by atoms with Gasteiger partial charge in [0.05, 0.1) is 5.69 Å². The van der Waals surface area contributed by atoms with Gasteiger partial charge >= 0.3 is 0 Å². The van der Waals surface area contributed by atoms with Crippen molar-refractivity contribution in [2.45, 2.75) is 46.3 Å². The van der Waals surface area contributed by atoms with E-state index in [0.29, 0.717) is 0 Å². The molecule has 0 spiro atoms. The zero-order chi connectivity index (χ0) is 14.8. The molecule has 1 heterocycles. The summed E-state index contributed by atoms with van der Waals surface area (Å²) in [5.74, 6) is 1.05. The normalized spacial score (nSPS) is 11.8. The zero-order valence-corrected chi connectivity index (χ0v) is 14.2. The summed E-state index contributed by atoms with van der Waals surface area (Å²) in [6.07, 6.45) is 1.97. The van der Waals surface area contributed by atoms with Crippen molar-refractivity contribution >= 4 is 15.9 Å². The van der Waals surface area contributed by atoms with Crippen LogP contribution >= 0.6 is 15.9 Å². The molecule has 20 heavy (non-hydrogen) atoms. The number of aryl methyl sites for hydroxylation is 1. The topological polar surface area (TPSA) is 29.9 Å².